The first-order valence-corrected chi connectivity index (χ1v) is 9.27. The van der Waals surface area contributed by atoms with Crippen LogP contribution in [0.25, 0.3) is 0 Å². The number of likely N-dealkylation sites (N-methyl/N-ethyl adjacent to an activating group) is 1. The minimum absolute atomic E-state index is 0.290. The predicted octanol–water partition coefficient (Wildman–Crippen LogP) is 2.58. The Balaban J connectivity index is 1.89. The van der Waals surface area contributed by atoms with Crippen LogP contribution < -0.4 is 11.1 Å². The average Bonchev–Trinajstić information content (AvgIpc) is 2.97. The summed E-state index contributed by atoms with van der Waals surface area (Å²) in [7, 11) is 3.66. The number of amides is 1. The van der Waals surface area contributed by atoms with Crippen molar-refractivity contribution in [1.29, 1.82) is 0 Å². The Morgan fingerprint density at radius 1 is 1.37 bits per heavy atom. The number of rotatable bonds is 3. The third kappa shape index (κ3) is 4.30. The second-order valence-corrected chi connectivity index (χ2v) is 8.83. The Morgan fingerprint density at radius 3 is 2.78 bits per heavy atom. The summed E-state index contributed by atoms with van der Waals surface area (Å²) in [6, 6.07) is 5.61. The zero-order valence-electron chi connectivity index (χ0n) is 15.7. The number of aromatic nitrogens is 2. The molecular formula is C18H23FN6OS. The first-order valence-electron chi connectivity index (χ1n) is 8.50. The standard InChI is InChI=1S/C18H23FN6OS/c1-18(2)17(20)22-15(10-25(4)27-18)12-9-11(5-6-13(12)19)21-16(26)14-7-8-24(3)23-14/h5-9,15H,10H2,1-4H3,(H2,20,22)(H,21,26). The molecular weight excluding hydrogens is 367 g/mol. The Bertz CT molecular complexity index is 894. The van der Waals surface area contributed by atoms with E-state index in [1.807, 2.05) is 25.2 Å². The summed E-state index contributed by atoms with van der Waals surface area (Å²) in [6.45, 7) is 4.47. The van der Waals surface area contributed by atoms with E-state index in [1.165, 1.54) is 12.1 Å². The minimum Gasteiger partial charge on any atom is -0.386 e. The molecule has 1 aliphatic rings. The number of carbonyl (C=O) groups excluding carboxylic acids is 1. The maximum absolute atomic E-state index is 14.5. The van der Waals surface area contributed by atoms with Gasteiger partial charge in [-0.3, -0.25) is 18.8 Å². The summed E-state index contributed by atoms with van der Waals surface area (Å²) in [4.78, 5) is 16.9. The topological polar surface area (TPSA) is 88.5 Å². The quantitative estimate of drug-likeness (QED) is 0.787. The number of carbonyl (C=O) groups is 1. The van der Waals surface area contributed by atoms with E-state index >= 15 is 0 Å². The molecule has 1 aliphatic heterocycles. The summed E-state index contributed by atoms with van der Waals surface area (Å²) in [5.41, 5.74) is 7.31. The van der Waals surface area contributed by atoms with Crippen LogP contribution in [-0.4, -0.2) is 44.2 Å². The van der Waals surface area contributed by atoms with Gasteiger partial charge in [0.05, 0.1) is 10.8 Å². The molecule has 3 rings (SSSR count). The molecule has 144 valence electrons. The van der Waals surface area contributed by atoms with Crippen molar-refractivity contribution >= 4 is 29.4 Å². The van der Waals surface area contributed by atoms with Crippen molar-refractivity contribution < 1.29 is 9.18 Å². The van der Waals surface area contributed by atoms with E-state index in [0.717, 1.165) is 0 Å². The van der Waals surface area contributed by atoms with E-state index < -0.39 is 6.04 Å². The Hall–Kier alpha value is -2.39. The number of nitrogens with one attached hydrogen (secondary N) is 1. The van der Waals surface area contributed by atoms with Gasteiger partial charge in [0.2, 0.25) is 0 Å². The molecule has 9 heteroatoms. The van der Waals surface area contributed by atoms with Crippen molar-refractivity contribution in [2.75, 3.05) is 18.9 Å². The third-order valence-corrected chi connectivity index (χ3v) is 5.41. The molecule has 0 fully saturated rings. The minimum atomic E-state index is -0.462. The molecule has 2 aromatic rings. The zero-order chi connectivity index (χ0) is 19.8. The van der Waals surface area contributed by atoms with Crippen LogP contribution in [0.3, 0.4) is 0 Å². The van der Waals surface area contributed by atoms with Gasteiger partial charge in [-0.15, -0.1) is 0 Å². The Kier molecular flexibility index (Phi) is 5.25. The molecule has 2 heterocycles. The highest BCUT2D eigenvalue weighted by atomic mass is 32.2. The zero-order valence-corrected chi connectivity index (χ0v) is 16.5. The van der Waals surface area contributed by atoms with Crippen LogP contribution in [0.4, 0.5) is 10.1 Å². The highest BCUT2D eigenvalue weighted by Gasteiger charge is 2.32. The Morgan fingerprint density at radius 2 is 2.11 bits per heavy atom. The largest absolute Gasteiger partial charge is 0.386 e. The summed E-state index contributed by atoms with van der Waals surface area (Å²) < 4.78 is 17.7. The van der Waals surface area contributed by atoms with Crippen molar-refractivity contribution in [3.63, 3.8) is 0 Å². The number of hydrogen-bond donors (Lipinski definition) is 2. The lowest BCUT2D eigenvalue weighted by Gasteiger charge is -2.25. The first kappa shape index (κ1) is 19.4. The second kappa shape index (κ2) is 7.32. The van der Waals surface area contributed by atoms with Crippen molar-refractivity contribution in [3.05, 3.63) is 47.5 Å². The molecule has 3 N–H and O–H groups in total. The van der Waals surface area contributed by atoms with Gasteiger partial charge >= 0.3 is 0 Å². The number of benzene rings is 1. The molecule has 1 aromatic heterocycles. The molecule has 0 aliphatic carbocycles. The molecule has 1 aromatic carbocycles. The average molecular weight is 390 g/mol. The van der Waals surface area contributed by atoms with Crippen molar-refractivity contribution in [2.24, 2.45) is 17.8 Å². The molecule has 27 heavy (non-hydrogen) atoms. The van der Waals surface area contributed by atoms with Crippen LogP contribution in [0.15, 0.2) is 35.5 Å². The van der Waals surface area contributed by atoms with Crippen molar-refractivity contribution in [3.8, 4) is 0 Å². The normalized spacial score (nSPS) is 20.0. The van der Waals surface area contributed by atoms with Crippen LogP contribution in [0.2, 0.25) is 0 Å². The van der Waals surface area contributed by atoms with Gasteiger partial charge in [0.15, 0.2) is 5.69 Å². The molecule has 0 saturated heterocycles. The molecule has 0 saturated carbocycles. The maximum atomic E-state index is 14.5. The summed E-state index contributed by atoms with van der Waals surface area (Å²) in [6.07, 6.45) is 1.68. The Labute approximate surface area is 162 Å². The number of hydrogen-bond acceptors (Lipinski definition) is 6. The van der Waals surface area contributed by atoms with Gasteiger partial charge in [0.25, 0.3) is 5.91 Å². The van der Waals surface area contributed by atoms with E-state index in [2.05, 4.69) is 15.4 Å². The number of nitrogens with zero attached hydrogens (tertiary/aromatic N) is 4. The van der Waals surface area contributed by atoms with Crippen molar-refractivity contribution in [1.82, 2.24) is 14.1 Å². The fourth-order valence-electron chi connectivity index (χ4n) is 2.86. The summed E-state index contributed by atoms with van der Waals surface area (Å²) >= 11 is 1.57. The smallest absolute Gasteiger partial charge is 0.276 e. The number of anilines is 1. The number of aryl methyl sites for hydroxylation is 1. The lowest BCUT2D eigenvalue weighted by Crippen LogP contribution is -2.36. The van der Waals surface area contributed by atoms with Crippen LogP contribution in [0.1, 0.15) is 35.9 Å². The number of aliphatic imine (C=N–C) groups is 1. The predicted molar refractivity (Wildman–Crippen MR) is 106 cm³/mol. The second-order valence-electron chi connectivity index (χ2n) is 7.01. The van der Waals surface area contributed by atoms with Crippen LogP contribution in [0, 0.1) is 5.82 Å². The van der Waals surface area contributed by atoms with Gasteiger partial charge < -0.3 is 11.1 Å². The van der Waals surface area contributed by atoms with E-state index in [0.29, 0.717) is 23.6 Å². The highest BCUT2D eigenvalue weighted by molar-refractivity contribution is 7.99. The van der Waals surface area contributed by atoms with Gasteiger partial charge in [-0.2, -0.15) is 5.10 Å². The van der Waals surface area contributed by atoms with E-state index in [4.69, 9.17) is 5.73 Å². The van der Waals surface area contributed by atoms with Gasteiger partial charge in [-0.05, 0) is 45.2 Å². The summed E-state index contributed by atoms with van der Waals surface area (Å²) in [5.74, 6) is -0.277. The first-order chi connectivity index (χ1) is 12.7. The van der Waals surface area contributed by atoms with E-state index in [9.17, 15) is 9.18 Å². The van der Waals surface area contributed by atoms with Crippen LogP contribution >= 0.6 is 11.9 Å². The van der Waals surface area contributed by atoms with Gasteiger partial charge in [-0.1, -0.05) is 11.9 Å². The van der Waals surface area contributed by atoms with E-state index in [-0.39, 0.29) is 22.2 Å². The fraction of sp³-hybridized carbons (Fsp3) is 0.389. The monoisotopic (exact) mass is 390 g/mol. The molecule has 0 spiro atoms. The lowest BCUT2D eigenvalue weighted by molar-refractivity contribution is 0.102. The van der Waals surface area contributed by atoms with Gasteiger partial charge in [0.1, 0.15) is 11.7 Å². The summed E-state index contributed by atoms with van der Waals surface area (Å²) in [5, 5.41) is 6.82. The van der Waals surface area contributed by atoms with Crippen molar-refractivity contribution in [2.45, 2.75) is 24.6 Å². The third-order valence-electron chi connectivity index (χ3n) is 4.28. The number of nitrogens with two attached hydrogens (primary N) is 1. The molecule has 1 unspecified atom stereocenters. The maximum Gasteiger partial charge on any atom is 0.276 e. The highest BCUT2D eigenvalue weighted by Crippen LogP contribution is 2.35. The molecule has 7 nitrogen and oxygen atoms in total. The number of halogens is 1. The van der Waals surface area contributed by atoms with Gasteiger partial charge in [-0.25, -0.2) is 4.39 Å². The van der Waals surface area contributed by atoms with E-state index in [1.54, 1.807) is 42.0 Å². The number of amidine groups is 1. The molecule has 0 radical (unpaired) electrons. The van der Waals surface area contributed by atoms with Crippen LogP contribution in [0.5, 0.6) is 0 Å². The lowest BCUT2D eigenvalue weighted by atomic mass is 10.0. The van der Waals surface area contributed by atoms with Crippen LogP contribution in [-0.2, 0) is 7.05 Å². The van der Waals surface area contributed by atoms with Gasteiger partial charge in [0, 0.05) is 31.0 Å². The fourth-order valence-corrected chi connectivity index (χ4v) is 4.00. The molecule has 1 atom stereocenters. The SMILES string of the molecule is CN1CC(c2cc(NC(=O)c3ccn(C)n3)ccc2F)N=C(N)C(C)(C)S1. The molecule has 0 bridgehead atoms. The molecule has 1 amide bonds.